The topological polar surface area (TPSA) is 29.5 Å². The van der Waals surface area contributed by atoms with E-state index in [0.29, 0.717) is 0 Å². The van der Waals surface area contributed by atoms with E-state index in [9.17, 15) is 0 Å². The van der Waals surface area contributed by atoms with Crippen molar-refractivity contribution >= 4 is 8.32 Å². The molecule has 2 nitrogen and oxygen atoms in total. The van der Waals surface area contributed by atoms with E-state index in [1.807, 2.05) is 0 Å². The Balaban J connectivity index is 3.63. The van der Waals surface area contributed by atoms with Gasteiger partial charge in [-0.1, -0.05) is 13.3 Å². The quantitative estimate of drug-likeness (QED) is 0.506. The third-order valence-electron chi connectivity index (χ3n) is 1.34. The summed E-state index contributed by atoms with van der Waals surface area (Å²) in [6.07, 6.45) is 0.555. The zero-order valence-electron chi connectivity index (χ0n) is 7.35. The fourth-order valence-electron chi connectivity index (χ4n) is 1.12. The van der Waals surface area contributed by atoms with Crippen LogP contribution in [0.1, 0.15) is 20.3 Å². The van der Waals surface area contributed by atoms with E-state index < -0.39 is 14.6 Å². The number of aliphatic hydroxyl groups excluding tert-OH is 1. The lowest BCUT2D eigenvalue weighted by Crippen LogP contribution is -2.33. The summed E-state index contributed by atoms with van der Waals surface area (Å²) in [6, 6.07) is 1.12. The minimum Gasteiger partial charge on any atom is -0.393 e. The molecule has 1 atom stereocenters. The van der Waals surface area contributed by atoms with Crippen molar-refractivity contribution in [2.45, 2.75) is 45.7 Å². The predicted molar refractivity (Wildman–Crippen MR) is 45.3 cm³/mol. The monoisotopic (exact) mass is 162 g/mol. The van der Waals surface area contributed by atoms with E-state index >= 15 is 0 Å². The molecular formula is C7H18O2Si. The molecule has 0 saturated carbocycles. The molecule has 0 radical (unpaired) electrons. The van der Waals surface area contributed by atoms with Gasteiger partial charge in [0.15, 0.2) is 8.32 Å². The highest BCUT2D eigenvalue weighted by Crippen LogP contribution is 2.14. The Kier molecular flexibility index (Phi) is 4.16. The maximum absolute atomic E-state index is 8.93. The largest absolute Gasteiger partial charge is 0.393 e. The van der Waals surface area contributed by atoms with Crippen LogP contribution in [0.4, 0.5) is 0 Å². The molecule has 62 valence electrons. The van der Waals surface area contributed by atoms with Gasteiger partial charge >= 0.3 is 0 Å². The molecular weight excluding hydrogens is 144 g/mol. The summed E-state index contributed by atoms with van der Waals surface area (Å²) >= 11 is 0. The summed E-state index contributed by atoms with van der Waals surface area (Å²) in [5.74, 6) is 0. The van der Waals surface area contributed by atoms with Crippen molar-refractivity contribution in [3.05, 3.63) is 0 Å². The molecule has 1 N–H and O–H groups in total. The normalized spacial score (nSPS) is 15.3. The Bertz CT molecular complexity index is 91.6. The van der Waals surface area contributed by atoms with Gasteiger partial charge in [-0.25, -0.2) is 0 Å². The molecule has 0 aliphatic carbocycles. The van der Waals surface area contributed by atoms with Crippen LogP contribution in [-0.4, -0.2) is 19.7 Å². The molecule has 0 aliphatic heterocycles. The molecule has 10 heavy (non-hydrogen) atoms. The summed E-state index contributed by atoms with van der Waals surface area (Å²) in [5, 5.41) is 8.93. The van der Waals surface area contributed by atoms with Gasteiger partial charge in [0.2, 0.25) is 0 Å². The number of aliphatic hydroxyl groups is 1. The van der Waals surface area contributed by atoms with Crippen LogP contribution in [0, 0.1) is 0 Å². The molecule has 0 aliphatic rings. The van der Waals surface area contributed by atoms with Gasteiger partial charge in [0.1, 0.15) is 6.29 Å². The second kappa shape index (κ2) is 4.11. The second-order valence-electron chi connectivity index (χ2n) is 3.23. The van der Waals surface area contributed by atoms with Crippen molar-refractivity contribution in [2.24, 2.45) is 0 Å². The van der Waals surface area contributed by atoms with E-state index in [0.717, 1.165) is 12.5 Å². The zero-order chi connectivity index (χ0) is 8.20. The predicted octanol–water partition coefficient (Wildman–Crippen LogP) is 1.96. The van der Waals surface area contributed by atoms with Crippen molar-refractivity contribution in [2.75, 3.05) is 0 Å². The van der Waals surface area contributed by atoms with Gasteiger partial charge in [-0.3, -0.25) is 0 Å². The molecule has 3 heteroatoms. The summed E-state index contributed by atoms with van der Waals surface area (Å²) in [7, 11) is -1.52. The van der Waals surface area contributed by atoms with Gasteiger partial charge < -0.3 is 9.53 Å². The third-order valence-corrected chi connectivity index (χ3v) is 4.02. The Morgan fingerprint density at radius 3 is 2.30 bits per heavy atom. The molecule has 0 fully saturated rings. The highest BCUT2D eigenvalue weighted by molar-refractivity contribution is 6.71. The molecule has 0 bridgehead atoms. The van der Waals surface area contributed by atoms with Gasteiger partial charge in [0.05, 0.1) is 0 Å². The second-order valence-corrected chi connectivity index (χ2v) is 7.48. The average Bonchev–Trinajstić information content (AvgIpc) is 1.59. The van der Waals surface area contributed by atoms with Crippen LogP contribution in [0.25, 0.3) is 0 Å². The SMILES string of the molecule is CCC[Si](C)(C)OC(C)O. The standard InChI is InChI=1S/C7H18O2Si/c1-5-6-10(3,4)9-7(2)8/h7-8H,5-6H2,1-4H3. The first-order valence-electron chi connectivity index (χ1n) is 3.84. The van der Waals surface area contributed by atoms with Crippen LogP contribution in [0.5, 0.6) is 0 Å². The van der Waals surface area contributed by atoms with Crippen LogP contribution in [0.15, 0.2) is 0 Å². The van der Waals surface area contributed by atoms with Gasteiger partial charge in [-0.2, -0.15) is 0 Å². The van der Waals surface area contributed by atoms with Gasteiger partial charge in [0.25, 0.3) is 0 Å². The van der Waals surface area contributed by atoms with Crippen LogP contribution in [0.2, 0.25) is 19.1 Å². The van der Waals surface area contributed by atoms with Crippen LogP contribution >= 0.6 is 0 Å². The summed E-state index contributed by atoms with van der Waals surface area (Å²) < 4.78 is 5.37. The number of rotatable bonds is 4. The van der Waals surface area contributed by atoms with Crippen LogP contribution in [-0.2, 0) is 4.43 Å². The molecule has 0 spiro atoms. The van der Waals surface area contributed by atoms with Crippen LogP contribution < -0.4 is 0 Å². The fourth-order valence-corrected chi connectivity index (χ4v) is 3.37. The number of hydrogen-bond acceptors (Lipinski definition) is 2. The third kappa shape index (κ3) is 4.96. The zero-order valence-corrected chi connectivity index (χ0v) is 8.35. The first kappa shape index (κ1) is 10.1. The lowest BCUT2D eigenvalue weighted by atomic mass is 10.6. The highest BCUT2D eigenvalue weighted by Gasteiger charge is 2.22. The number of hydrogen-bond donors (Lipinski definition) is 1. The minimum atomic E-state index is -1.52. The van der Waals surface area contributed by atoms with E-state index in [1.54, 1.807) is 6.92 Å². The summed E-state index contributed by atoms with van der Waals surface area (Å²) in [6.45, 7) is 8.07. The molecule has 0 aromatic heterocycles. The van der Waals surface area contributed by atoms with Crippen molar-refractivity contribution < 1.29 is 9.53 Å². The van der Waals surface area contributed by atoms with Crippen molar-refractivity contribution in [1.29, 1.82) is 0 Å². The van der Waals surface area contributed by atoms with Crippen LogP contribution in [0.3, 0.4) is 0 Å². The molecule has 1 unspecified atom stereocenters. The maximum Gasteiger partial charge on any atom is 0.190 e. The van der Waals surface area contributed by atoms with E-state index in [4.69, 9.17) is 9.53 Å². The fraction of sp³-hybridized carbons (Fsp3) is 1.00. The molecule has 0 aromatic rings. The van der Waals surface area contributed by atoms with Gasteiger partial charge in [-0.05, 0) is 26.1 Å². The van der Waals surface area contributed by atoms with E-state index in [2.05, 4.69) is 20.0 Å². The Labute approximate surface area is 64.3 Å². The highest BCUT2D eigenvalue weighted by atomic mass is 28.4. The van der Waals surface area contributed by atoms with E-state index in [-0.39, 0.29) is 0 Å². The molecule has 0 aromatic carbocycles. The summed E-state index contributed by atoms with van der Waals surface area (Å²) in [4.78, 5) is 0. The Hall–Kier alpha value is 0.137. The van der Waals surface area contributed by atoms with Gasteiger partial charge in [-0.15, -0.1) is 0 Å². The molecule has 0 amide bonds. The van der Waals surface area contributed by atoms with Gasteiger partial charge in [0, 0.05) is 0 Å². The minimum absolute atomic E-state index is 0.590. The smallest absolute Gasteiger partial charge is 0.190 e. The first-order chi connectivity index (χ1) is 4.48. The van der Waals surface area contributed by atoms with Crippen molar-refractivity contribution in [3.8, 4) is 0 Å². The molecule has 0 rings (SSSR count). The Morgan fingerprint density at radius 1 is 1.50 bits per heavy atom. The maximum atomic E-state index is 8.93. The van der Waals surface area contributed by atoms with E-state index in [1.165, 1.54) is 0 Å². The van der Waals surface area contributed by atoms with Crippen molar-refractivity contribution in [1.82, 2.24) is 0 Å². The molecule has 0 heterocycles. The Morgan fingerprint density at radius 2 is 2.00 bits per heavy atom. The molecule has 0 saturated heterocycles. The van der Waals surface area contributed by atoms with Crippen molar-refractivity contribution in [3.63, 3.8) is 0 Å². The lowest BCUT2D eigenvalue weighted by Gasteiger charge is -2.23. The average molecular weight is 162 g/mol. The summed E-state index contributed by atoms with van der Waals surface area (Å²) in [5.41, 5.74) is 0. The lowest BCUT2D eigenvalue weighted by molar-refractivity contribution is -0.00798. The first-order valence-corrected chi connectivity index (χ1v) is 6.95.